The minimum atomic E-state index is 0.833. The second-order valence-electron chi connectivity index (χ2n) is 2.75. The van der Waals surface area contributed by atoms with Gasteiger partial charge in [-0.2, -0.15) is 0 Å². The molecule has 0 fully saturated rings. The van der Waals surface area contributed by atoms with Gasteiger partial charge in [0.1, 0.15) is 0 Å². The molecule has 0 atom stereocenters. The van der Waals surface area contributed by atoms with Crippen molar-refractivity contribution < 1.29 is 0 Å². The number of rotatable bonds is 5. The van der Waals surface area contributed by atoms with Crippen LogP contribution in [0.3, 0.4) is 0 Å². The van der Waals surface area contributed by atoms with Gasteiger partial charge in [0.2, 0.25) is 0 Å². The summed E-state index contributed by atoms with van der Waals surface area (Å²) in [6.07, 6.45) is 6.89. The molecule has 0 radical (unpaired) electrons. The molecule has 3 nitrogen and oxygen atoms in total. The molecule has 0 aliphatic carbocycles. The molecule has 13 heavy (non-hydrogen) atoms. The normalized spacial score (nSPS) is 10.3. The second-order valence-corrected chi connectivity index (χ2v) is 3.53. The van der Waals surface area contributed by atoms with Crippen LogP contribution in [0.5, 0.6) is 0 Å². The highest BCUT2D eigenvalue weighted by molar-refractivity contribution is 7.98. The Kier molecular flexibility index (Phi) is 4.78. The number of nitrogens with one attached hydrogen (secondary N) is 1. The molecule has 0 aliphatic rings. The van der Waals surface area contributed by atoms with Crippen molar-refractivity contribution in [3.63, 3.8) is 0 Å². The minimum Gasteiger partial charge on any atom is -0.313 e. The highest BCUT2D eigenvalue weighted by atomic mass is 32.2. The summed E-state index contributed by atoms with van der Waals surface area (Å²) in [5.41, 5.74) is 1.14. The molecule has 0 bridgehead atoms. The van der Waals surface area contributed by atoms with E-state index < -0.39 is 0 Å². The first-order valence-corrected chi connectivity index (χ1v) is 5.65. The molecular weight excluding hydrogens is 182 g/mol. The van der Waals surface area contributed by atoms with Gasteiger partial charge in [-0.05, 0) is 19.2 Å². The molecule has 1 aromatic rings. The molecular formula is C9H15N3S. The molecule has 0 amide bonds. The lowest BCUT2D eigenvalue weighted by molar-refractivity contribution is 0.669. The quantitative estimate of drug-likeness (QED) is 0.443. The molecule has 1 aromatic heterocycles. The van der Waals surface area contributed by atoms with Crippen LogP contribution in [0.2, 0.25) is 0 Å². The molecule has 0 aliphatic heterocycles. The summed E-state index contributed by atoms with van der Waals surface area (Å²) < 4.78 is 0. The van der Waals surface area contributed by atoms with Crippen LogP contribution in [0.15, 0.2) is 17.6 Å². The van der Waals surface area contributed by atoms with Gasteiger partial charge in [0, 0.05) is 24.5 Å². The fourth-order valence-corrected chi connectivity index (χ4v) is 1.27. The maximum Gasteiger partial charge on any atom is 0.187 e. The average molecular weight is 197 g/mol. The van der Waals surface area contributed by atoms with E-state index in [9.17, 15) is 0 Å². The first-order valence-electron chi connectivity index (χ1n) is 4.42. The van der Waals surface area contributed by atoms with Gasteiger partial charge in [-0.1, -0.05) is 18.7 Å². The zero-order valence-corrected chi connectivity index (χ0v) is 8.90. The number of aromatic nitrogens is 2. The van der Waals surface area contributed by atoms with Crippen molar-refractivity contribution in [1.29, 1.82) is 0 Å². The third-order valence-electron chi connectivity index (χ3n) is 1.62. The predicted octanol–water partition coefficient (Wildman–Crippen LogP) is 1.70. The molecule has 0 spiro atoms. The van der Waals surface area contributed by atoms with Crippen molar-refractivity contribution in [3.8, 4) is 0 Å². The lowest BCUT2D eigenvalue weighted by atomic mass is 10.3. The molecule has 72 valence electrons. The van der Waals surface area contributed by atoms with Gasteiger partial charge >= 0.3 is 0 Å². The smallest absolute Gasteiger partial charge is 0.187 e. The van der Waals surface area contributed by atoms with Crippen LogP contribution in [-0.2, 0) is 6.54 Å². The highest BCUT2D eigenvalue weighted by Crippen LogP contribution is 2.06. The summed E-state index contributed by atoms with van der Waals surface area (Å²) in [4.78, 5) is 8.38. The number of thioether (sulfide) groups is 1. The van der Waals surface area contributed by atoms with Crippen LogP contribution < -0.4 is 5.32 Å². The van der Waals surface area contributed by atoms with Crippen LogP contribution in [0, 0.1) is 0 Å². The van der Waals surface area contributed by atoms with Crippen molar-refractivity contribution >= 4 is 11.8 Å². The molecule has 0 unspecified atom stereocenters. The van der Waals surface area contributed by atoms with Gasteiger partial charge in [0.25, 0.3) is 0 Å². The third kappa shape index (κ3) is 3.74. The summed E-state index contributed by atoms with van der Waals surface area (Å²) in [5, 5.41) is 4.13. The Morgan fingerprint density at radius 1 is 1.38 bits per heavy atom. The monoisotopic (exact) mass is 197 g/mol. The molecule has 0 aromatic carbocycles. The van der Waals surface area contributed by atoms with Crippen molar-refractivity contribution in [2.24, 2.45) is 0 Å². The van der Waals surface area contributed by atoms with E-state index in [-0.39, 0.29) is 0 Å². The van der Waals surface area contributed by atoms with Gasteiger partial charge in [-0.3, -0.25) is 0 Å². The van der Waals surface area contributed by atoms with E-state index in [1.165, 1.54) is 0 Å². The Labute approximate surface area is 83.4 Å². The Bertz CT molecular complexity index is 235. The fourth-order valence-electron chi connectivity index (χ4n) is 0.949. The van der Waals surface area contributed by atoms with Gasteiger partial charge in [-0.15, -0.1) is 0 Å². The topological polar surface area (TPSA) is 37.8 Å². The van der Waals surface area contributed by atoms with Gasteiger partial charge < -0.3 is 5.32 Å². The maximum atomic E-state index is 4.19. The largest absolute Gasteiger partial charge is 0.313 e. The Morgan fingerprint density at radius 2 is 2.08 bits per heavy atom. The van der Waals surface area contributed by atoms with Crippen molar-refractivity contribution in [3.05, 3.63) is 18.0 Å². The third-order valence-corrected chi connectivity index (χ3v) is 2.20. The molecule has 0 saturated heterocycles. The van der Waals surface area contributed by atoms with Crippen LogP contribution in [0.4, 0.5) is 0 Å². The van der Waals surface area contributed by atoms with Crippen LogP contribution in [0.25, 0.3) is 0 Å². The maximum absolute atomic E-state index is 4.19. The zero-order valence-electron chi connectivity index (χ0n) is 8.08. The minimum absolute atomic E-state index is 0.833. The van der Waals surface area contributed by atoms with E-state index in [4.69, 9.17) is 0 Å². The SMILES string of the molecule is CCCNCc1cnc(SC)nc1. The van der Waals surface area contributed by atoms with Crippen LogP contribution in [0.1, 0.15) is 18.9 Å². The molecule has 1 heterocycles. The Hall–Kier alpha value is -0.610. The predicted molar refractivity (Wildman–Crippen MR) is 55.8 cm³/mol. The zero-order chi connectivity index (χ0) is 9.52. The van der Waals surface area contributed by atoms with E-state index in [0.717, 1.165) is 30.2 Å². The van der Waals surface area contributed by atoms with E-state index in [1.807, 2.05) is 18.6 Å². The number of nitrogens with zero attached hydrogens (tertiary/aromatic N) is 2. The summed E-state index contributed by atoms with van der Waals surface area (Å²) in [5.74, 6) is 0. The van der Waals surface area contributed by atoms with Crippen LogP contribution >= 0.6 is 11.8 Å². The van der Waals surface area contributed by atoms with Crippen molar-refractivity contribution in [1.82, 2.24) is 15.3 Å². The standard InChI is InChI=1S/C9H15N3S/c1-3-4-10-5-8-6-11-9(13-2)12-7-8/h6-7,10H,3-5H2,1-2H3. The van der Waals surface area contributed by atoms with Gasteiger partial charge in [-0.25, -0.2) is 9.97 Å². The lowest BCUT2D eigenvalue weighted by Gasteiger charge is -2.02. The fraction of sp³-hybridized carbons (Fsp3) is 0.556. The van der Waals surface area contributed by atoms with E-state index in [0.29, 0.717) is 0 Å². The highest BCUT2D eigenvalue weighted by Gasteiger charge is 1.94. The van der Waals surface area contributed by atoms with E-state index in [1.54, 1.807) is 11.8 Å². The van der Waals surface area contributed by atoms with E-state index >= 15 is 0 Å². The van der Waals surface area contributed by atoms with Crippen molar-refractivity contribution in [2.45, 2.75) is 25.0 Å². The molecule has 1 N–H and O–H groups in total. The summed E-state index contributed by atoms with van der Waals surface area (Å²) in [6, 6.07) is 0. The summed E-state index contributed by atoms with van der Waals surface area (Å²) in [7, 11) is 0. The average Bonchev–Trinajstić information content (AvgIpc) is 2.19. The first kappa shape index (κ1) is 10.5. The van der Waals surface area contributed by atoms with Gasteiger partial charge in [0.05, 0.1) is 0 Å². The summed E-state index contributed by atoms with van der Waals surface area (Å²) >= 11 is 1.56. The number of hydrogen-bond acceptors (Lipinski definition) is 4. The lowest BCUT2D eigenvalue weighted by Crippen LogP contribution is -2.14. The van der Waals surface area contributed by atoms with Crippen molar-refractivity contribution in [2.75, 3.05) is 12.8 Å². The van der Waals surface area contributed by atoms with Gasteiger partial charge in [0.15, 0.2) is 5.16 Å². The number of hydrogen-bond donors (Lipinski definition) is 1. The first-order chi connectivity index (χ1) is 6.36. The molecule has 4 heteroatoms. The molecule has 0 saturated carbocycles. The van der Waals surface area contributed by atoms with E-state index in [2.05, 4.69) is 22.2 Å². The Balaban J connectivity index is 2.40. The van der Waals surface area contributed by atoms with Crippen LogP contribution in [-0.4, -0.2) is 22.8 Å². The summed E-state index contributed by atoms with van der Waals surface area (Å²) in [6.45, 7) is 4.06. The second kappa shape index (κ2) is 5.94. The molecule has 1 rings (SSSR count). The Morgan fingerprint density at radius 3 is 2.62 bits per heavy atom.